The second kappa shape index (κ2) is 8.45. The number of likely N-dealkylation sites (tertiary alicyclic amines) is 1. The summed E-state index contributed by atoms with van der Waals surface area (Å²) >= 11 is 0. The summed E-state index contributed by atoms with van der Waals surface area (Å²) < 4.78 is 17.0. The molecule has 0 bridgehead atoms. The Morgan fingerprint density at radius 1 is 1.21 bits per heavy atom. The highest BCUT2D eigenvalue weighted by Crippen LogP contribution is 2.29. The Bertz CT molecular complexity index is 796. The maximum atomic E-state index is 12.8. The van der Waals surface area contributed by atoms with Gasteiger partial charge >= 0.3 is 5.97 Å². The molecule has 2 aromatic rings. The molecule has 0 aliphatic carbocycles. The lowest BCUT2D eigenvalue weighted by Gasteiger charge is -2.46. The zero-order valence-electron chi connectivity index (χ0n) is 16.6. The Kier molecular flexibility index (Phi) is 5.78. The summed E-state index contributed by atoms with van der Waals surface area (Å²) in [4.78, 5) is 19.7. The van der Waals surface area contributed by atoms with Crippen LogP contribution in [0.4, 0.5) is 0 Å². The minimum atomic E-state index is -0.395. The molecular formula is C22H28N2O4. The van der Waals surface area contributed by atoms with Gasteiger partial charge in [0.15, 0.2) is 5.69 Å². The topological polar surface area (TPSA) is 64.8 Å². The summed E-state index contributed by atoms with van der Waals surface area (Å²) in [6.45, 7) is 7.11. The zero-order chi connectivity index (χ0) is 19.5. The number of carbonyl (C=O) groups excluding carboxylic acids is 1. The molecule has 1 aromatic carbocycles. The Morgan fingerprint density at radius 3 is 2.61 bits per heavy atom. The van der Waals surface area contributed by atoms with Gasteiger partial charge in [0.2, 0.25) is 5.89 Å². The number of nitrogens with zero attached hydrogens (tertiary/aromatic N) is 2. The molecule has 2 aliphatic rings. The lowest BCUT2D eigenvalue weighted by molar-refractivity contribution is -0.0464. The average molecular weight is 384 g/mol. The van der Waals surface area contributed by atoms with E-state index in [-0.39, 0.29) is 5.92 Å². The van der Waals surface area contributed by atoms with Gasteiger partial charge in [-0.1, -0.05) is 32.0 Å². The number of hydrogen-bond donors (Lipinski definition) is 0. The third-order valence-corrected chi connectivity index (χ3v) is 5.65. The van der Waals surface area contributed by atoms with Crippen LogP contribution in [0.25, 0.3) is 11.5 Å². The highest BCUT2D eigenvalue weighted by atomic mass is 16.5. The second-order valence-electron chi connectivity index (χ2n) is 7.87. The highest BCUT2D eigenvalue weighted by Gasteiger charge is 2.36. The van der Waals surface area contributed by atoms with Crippen LogP contribution in [-0.4, -0.2) is 54.3 Å². The molecule has 6 heteroatoms. The summed E-state index contributed by atoms with van der Waals surface area (Å²) in [5.74, 6) is 0.700. The molecule has 0 spiro atoms. The van der Waals surface area contributed by atoms with Crippen LogP contribution in [0.15, 0.2) is 34.7 Å². The molecule has 2 saturated heterocycles. The van der Waals surface area contributed by atoms with E-state index in [1.807, 2.05) is 44.2 Å². The quantitative estimate of drug-likeness (QED) is 0.705. The highest BCUT2D eigenvalue weighted by molar-refractivity contribution is 5.89. The smallest absolute Gasteiger partial charge is 0.360 e. The SMILES string of the molecule is CC(C)c1oc(-c2ccccc2)nc1C(=O)OCC1CCN1C1CCOCC1. The zero-order valence-corrected chi connectivity index (χ0v) is 16.6. The van der Waals surface area contributed by atoms with Gasteiger partial charge in [-0.05, 0) is 31.4 Å². The van der Waals surface area contributed by atoms with Crippen molar-refractivity contribution in [1.29, 1.82) is 0 Å². The van der Waals surface area contributed by atoms with E-state index in [4.69, 9.17) is 13.9 Å². The molecule has 1 unspecified atom stereocenters. The first kappa shape index (κ1) is 19.2. The molecule has 4 rings (SSSR count). The fourth-order valence-electron chi connectivity index (χ4n) is 3.95. The average Bonchev–Trinajstić information content (AvgIpc) is 3.15. The largest absolute Gasteiger partial charge is 0.459 e. The molecule has 0 radical (unpaired) electrons. The first-order chi connectivity index (χ1) is 13.6. The van der Waals surface area contributed by atoms with Crippen molar-refractivity contribution < 1.29 is 18.7 Å². The number of oxazole rings is 1. The van der Waals surface area contributed by atoms with Gasteiger partial charge in [-0.25, -0.2) is 9.78 Å². The molecule has 1 atom stereocenters. The number of aromatic nitrogens is 1. The molecule has 1 aromatic heterocycles. The van der Waals surface area contributed by atoms with Crippen LogP contribution < -0.4 is 0 Å². The third kappa shape index (κ3) is 3.98. The minimum Gasteiger partial charge on any atom is -0.459 e. The normalized spacial score (nSPS) is 20.9. The van der Waals surface area contributed by atoms with Gasteiger partial charge in [0.1, 0.15) is 12.4 Å². The van der Waals surface area contributed by atoms with E-state index in [2.05, 4.69) is 9.88 Å². The molecule has 2 aliphatic heterocycles. The number of hydrogen-bond acceptors (Lipinski definition) is 6. The van der Waals surface area contributed by atoms with Crippen molar-refractivity contribution in [3.8, 4) is 11.5 Å². The third-order valence-electron chi connectivity index (χ3n) is 5.65. The van der Waals surface area contributed by atoms with Gasteiger partial charge < -0.3 is 13.9 Å². The van der Waals surface area contributed by atoms with Crippen molar-refractivity contribution >= 4 is 5.97 Å². The predicted octanol–water partition coefficient (Wildman–Crippen LogP) is 3.88. The summed E-state index contributed by atoms with van der Waals surface area (Å²) in [5.41, 5.74) is 1.15. The van der Waals surface area contributed by atoms with Crippen molar-refractivity contribution in [2.75, 3.05) is 26.4 Å². The number of ether oxygens (including phenoxy) is 2. The van der Waals surface area contributed by atoms with E-state index in [0.717, 1.165) is 44.6 Å². The molecule has 0 amide bonds. The number of benzene rings is 1. The Morgan fingerprint density at radius 2 is 1.96 bits per heavy atom. The predicted molar refractivity (Wildman–Crippen MR) is 105 cm³/mol. The van der Waals surface area contributed by atoms with Gasteiger partial charge in [0.25, 0.3) is 0 Å². The molecule has 28 heavy (non-hydrogen) atoms. The standard InChI is InChI=1S/C22H28N2O4/c1-15(2)20-19(23-21(28-20)16-6-4-3-5-7-16)22(25)27-14-18-8-11-24(18)17-9-12-26-13-10-17/h3-7,15,17-18H,8-14H2,1-2H3. The van der Waals surface area contributed by atoms with E-state index >= 15 is 0 Å². The Labute approximate surface area is 165 Å². The fourth-order valence-corrected chi connectivity index (χ4v) is 3.95. The van der Waals surface area contributed by atoms with Crippen LogP contribution in [0.2, 0.25) is 0 Å². The van der Waals surface area contributed by atoms with Crippen LogP contribution in [0.3, 0.4) is 0 Å². The molecule has 150 valence electrons. The van der Waals surface area contributed by atoms with Crippen molar-refractivity contribution in [3.63, 3.8) is 0 Å². The van der Waals surface area contributed by atoms with Crippen LogP contribution >= 0.6 is 0 Å². The van der Waals surface area contributed by atoms with Crippen LogP contribution in [0.1, 0.15) is 55.3 Å². The summed E-state index contributed by atoms with van der Waals surface area (Å²) in [5, 5.41) is 0. The molecular weight excluding hydrogens is 356 g/mol. The van der Waals surface area contributed by atoms with Crippen LogP contribution in [-0.2, 0) is 9.47 Å². The van der Waals surface area contributed by atoms with Crippen LogP contribution in [0.5, 0.6) is 0 Å². The maximum Gasteiger partial charge on any atom is 0.360 e. The molecule has 2 fully saturated rings. The summed E-state index contributed by atoms with van der Waals surface area (Å²) in [7, 11) is 0. The molecule has 6 nitrogen and oxygen atoms in total. The molecule has 0 N–H and O–H groups in total. The van der Waals surface area contributed by atoms with Crippen molar-refractivity contribution in [1.82, 2.24) is 9.88 Å². The van der Waals surface area contributed by atoms with Gasteiger partial charge in [-0.15, -0.1) is 0 Å². The van der Waals surface area contributed by atoms with E-state index in [1.165, 1.54) is 0 Å². The van der Waals surface area contributed by atoms with Gasteiger partial charge in [0.05, 0.1) is 0 Å². The van der Waals surface area contributed by atoms with Crippen molar-refractivity contribution in [2.45, 2.75) is 51.1 Å². The Hall–Kier alpha value is -2.18. The van der Waals surface area contributed by atoms with Gasteiger partial charge in [-0.2, -0.15) is 0 Å². The lowest BCUT2D eigenvalue weighted by atomic mass is 9.96. The molecule has 0 saturated carbocycles. The minimum absolute atomic E-state index is 0.0509. The lowest BCUT2D eigenvalue weighted by Crippen LogP contribution is -2.56. The van der Waals surface area contributed by atoms with E-state index in [1.54, 1.807) is 0 Å². The maximum absolute atomic E-state index is 12.8. The van der Waals surface area contributed by atoms with Gasteiger partial charge in [0, 0.05) is 43.3 Å². The molecule has 3 heterocycles. The number of rotatable bonds is 6. The number of esters is 1. The first-order valence-electron chi connectivity index (χ1n) is 10.2. The first-order valence-corrected chi connectivity index (χ1v) is 10.2. The van der Waals surface area contributed by atoms with Crippen molar-refractivity contribution in [2.24, 2.45) is 0 Å². The van der Waals surface area contributed by atoms with Crippen molar-refractivity contribution in [3.05, 3.63) is 41.8 Å². The number of carbonyl (C=O) groups is 1. The summed E-state index contributed by atoms with van der Waals surface area (Å²) in [6.07, 6.45) is 3.19. The van der Waals surface area contributed by atoms with E-state index in [0.29, 0.717) is 36.0 Å². The fraction of sp³-hybridized carbons (Fsp3) is 0.545. The summed E-state index contributed by atoms with van der Waals surface area (Å²) in [6, 6.07) is 10.5. The second-order valence-corrected chi connectivity index (χ2v) is 7.87. The van der Waals surface area contributed by atoms with E-state index in [9.17, 15) is 4.79 Å². The Balaban J connectivity index is 1.42. The van der Waals surface area contributed by atoms with Gasteiger partial charge in [-0.3, -0.25) is 4.90 Å². The monoisotopic (exact) mass is 384 g/mol. The van der Waals surface area contributed by atoms with E-state index < -0.39 is 5.97 Å². The van der Waals surface area contributed by atoms with Crippen LogP contribution in [0, 0.1) is 0 Å².